The molecule has 3 aromatic carbocycles. The average molecular weight is 377 g/mol. The molecule has 0 aromatic heterocycles. The van der Waals surface area contributed by atoms with Crippen LogP contribution in [0.4, 0.5) is 0 Å². The van der Waals surface area contributed by atoms with Crippen molar-refractivity contribution in [3.05, 3.63) is 83.9 Å². The number of allylic oxidation sites excluding steroid dienone is 1. The molecule has 26 heavy (non-hydrogen) atoms. The lowest BCUT2D eigenvalue weighted by molar-refractivity contribution is -0.112. The van der Waals surface area contributed by atoms with Crippen LogP contribution in [0.1, 0.15) is 17.5 Å². The summed E-state index contributed by atoms with van der Waals surface area (Å²) in [5.41, 5.74) is 2.88. The first kappa shape index (κ1) is 17.4. The molecule has 0 spiro atoms. The van der Waals surface area contributed by atoms with Crippen LogP contribution in [0.2, 0.25) is 0 Å². The Hall–Kier alpha value is -1.97. The number of carbonyl (C=O) groups excluding carboxylic acids is 1. The zero-order valence-corrected chi connectivity index (χ0v) is 16.1. The van der Waals surface area contributed by atoms with E-state index in [1.807, 2.05) is 42.5 Å². The Bertz CT molecular complexity index is 941. The van der Waals surface area contributed by atoms with Crippen molar-refractivity contribution in [2.75, 3.05) is 11.5 Å². The van der Waals surface area contributed by atoms with Gasteiger partial charge in [-0.05, 0) is 52.0 Å². The Morgan fingerprint density at radius 3 is 2.31 bits per heavy atom. The Balaban J connectivity index is 1.75. The van der Waals surface area contributed by atoms with E-state index in [1.54, 1.807) is 23.5 Å². The number of ketones is 1. The van der Waals surface area contributed by atoms with E-state index >= 15 is 0 Å². The Kier molecular flexibility index (Phi) is 5.47. The van der Waals surface area contributed by atoms with Gasteiger partial charge in [0.05, 0.1) is 0 Å². The average Bonchev–Trinajstić information content (AvgIpc) is 2.73. The molecule has 0 radical (unpaired) electrons. The predicted octanol–water partition coefficient (Wildman–Crippen LogP) is 6.15. The highest BCUT2D eigenvalue weighted by Crippen LogP contribution is 2.35. The standard InChI is InChI=1S/C23H20OS2/c24-22(23-25-13-6-14-26-23)21(19-8-2-1-3-9-19)16-17-11-12-18-7-4-5-10-20(18)15-17/h1-5,7-12,15-16,23H,6,13-14H2. The smallest absolute Gasteiger partial charge is 0.186 e. The summed E-state index contributed by atoms with van der Waals surface area (Å²) >= 11 is 3.56. The molecule has 0 atom stereocenters. The minimum Gasteiger partial charge on any atom is -0.292 e. The van der Waals surface area contributed by atoms with E-state index in [0.717, 1.165) is 28.2 Å². The maximum absolute atomic E-state index is 13.3. The van der Waals surface area contributed by atoms with Crippen LogP contribution >= 0.6 is 23.5 Å². The molecule has 1 fully saturated rings. The first-order valence-electron chi connectivity index (χ1n) is 8.84. The van der Waals surface area contributed by atoms with Crippen LogP contribution in [0.15, 0.2) is 72.8 Å². The fourth-order valence-electron chi connectivity index (χ4n) is 3.14. The number of hydrogen-bond donors (Lipinski definition) is 0. The lowest BCUT2D eigenvalue weighted by Gasteiger charge is -2.21. The van der Waals surface area contributed by atoms with Crippen molar-refractivity contribution in [3.8, 4) is 0 Å². The second-order valence-corrected chi connectivity index (χ2v) is 9.05. The van der Waals surface area contributed by atoms with Gasteiger partial charge in [0.15, 0.2) is 5.78 Å². The highest BCUT2D eigenvalue weighted by molar-refractivity contribution is 8.18. The molecule has 1 nitrogen and oxygen atoms in total. The van der Waals surface area contributed by atoms with Gasteiger partial charge in [-0.15, -0.1) is 23.5 Å². The number of fused-ring (bicyclic) bond motifs is 1. The zero-order valence-electron chi connectivity index (χ0n) is 14.4. The summed E-state index contributed by atoms with van der Waals surface area (Å²) < 4.78 is 0.00987. The number of benzene rings is 3. The summed E-state index contributed by atoms with van der Waals surface area (Å²) in [6, 6.07) is 24.8. The Morgan fingerprint density at radius 2 is 1.54 bits per heavy atom. The minimum atomic E-state index is 0.00987. The van der Waals surface area contributed by atoms with E-state index in [4.69, 9.17) is 0 Å². The highest BCUT2D eigenvalue weighted by atomic mass is 32.2. The van der Waals surface area contributed by atoms with Gasteiger partial charge >= 0.3 is 0 Å². The summed E-state index contributed by atoms with van der Waals surface area (Å²) in [5.74, 6) is 2.38. The second-order valence-electron chi connectivity index (χ2n) is 6.32. The third-order valence-electron chi connectivity index (χ3n) is 4.48. The third-order valence-corrected chi connectivity index (χ3v) is 7.37. The topological polar surface area (TPSA) is 17.1 Å². The maximum Gasteiger partial charge on any atom is 0.186 e. The zero-order chi connectivity index (χ0) is 17.8. The molecule has 0 unspecified atom stereocenters. The third kappa shape index (κ3) is 3.89. The fraction of sp³-hybridized carbons (Fsp3) is 0.174. The summed E-state index contributed by atoms with van der Waals surface area (Å²) in [7, 11) is 0. The van der Waals surface area contributed by atoms with E-state index in [2.05, 4.69) is 36.4 Å². The van der Waals surface area contributed by atoms with Crippen molar-refractivity contribution in [3.63, 3.8) is 0 Å². The molecule has 3 aromatic rings. The number of thioether (sulfide) groups is 2. The SMILES string of the molecule is O=C(C(=Cc1ccc2ccccc2c1)c1ccccc1)C1SCCCS1. The quantitative estimate of drug-likeness (QED) is 0.402. The van der Waals surface area contributed by atoms with Crippen LogP contribution in [0.3, 0.4) is 0 Å². The van der Waals surface area contributed by atoms with Crippen molar-refractivity contribution in [2.24, 2.45) is 0 Å². The molecule has 3 heteroatoms. The number of Topliss-reactive ketones (excluding diaryl/α,β-unsaturated/α-hetero) is 1. The first-order valence-corrected chi connectivity index (χ1v) is 10.9. The number of hydrogen-bond acceptors (Lipinski definition) is 3. The van der Waals surface area contributed by atoms with E-state index in [1.165, 1.54) is 17.2 Å². The van der Waals surface area contributed by atoms with Gasteiger partial charge in [-0.1, -0.05) is 66.7 Å². The van der Waals surface area contributed by atoms with Gasteiger partial charge < -0.3 is 0 Å². The van der Waals surface area contributed by atoms with Gasteiger partial charge in [0.1, 0.15) is 4.58 Å². The highest BCUT2D eigenvalue weighted by Gasteiger charge is 2.26. The van der Waals surface area contributed by atoms with Gasteiger partial charge in [0, 0.05) is 5.57 Å². The van der Waals surface area contributed by atoms with Gasteiger partial charge in [-0.3, -0.25) is 4.79 Å². The first-order chi connectivity index (χ1) is 12.8. The van der Waals surface area contributed by atoms with Crippen molar-refractivity contribution in [1.29, 1.82) is 0 Å². The molecular formula is C23H20OS2. The van der Waals surface area contributed by atoms with Gasteiger partial charge in [0.25, 0.3) is 0 Å². The summed E-state index contributed by atoms with van der Waals surface area (Å²) in [6.07, 6.45) is 3.24. The van der Waals surface area contributed by atoms with Gasteiger partial charge in [-0.2, -0.15) is 0 Å². The van der Waals surface area contributed by atoms with Crippen LogP contribution in [0, 0.1) is 0 Å². The van der Waals surface area contributed by atoms with Crippen LogP contribution in [0.25, 0.3) is 22.4 Å². The van der Waals surface area contributed by atoms with E-state index in [0.29, 0.717) is 0 Å². The summed E-state index contributed by atoms with van der Waals surface area (Å²) in [5, 5.41) is 2.41. The van der Waals surface area contributed by atoms with E-state index < -0.39 is 0 Å². The van der Waals surface area contributed by atoms with Crippen LogP contribution in [-0.2, 0) is 4.79 Å². The normalized spacial score (nSPS) is 15.9. The molecule has 130 valence electrons. The molecule has 1 aliphatic rings. The molecule has 0 aliphatic carbocycles. The largest absolute Gasteiger partial charge is 0.292 e. The molecule has 0 bridgehead atoms. The molecular weight excluding hydrogens is 356 g/mol. The minimum absolute atomic E-state index is 0.00987. The molecule has 0 saturated carbocycles. The molecule has 1 heterocycles. The maximum atomic E-state index is 13.3. The van der Waals surface area contributed by atoms with Gasteiger partial charge in [-0.25, -0.2) is 0 Å². The molecule has 0 amide bonds. The fourth-order valence-corrected chi connectivity index (χ4v) is 5.90. The molecule has 0 N–H and O–H groups in total. The van der Waals surface area contributed by atoms with Gasteiger partial charge in [0.2, 0.25) is 0 Å². The lowest BCUT2D eigenvalue weighted by Crippen LogP contribution is -2.19. The molecule has 1 aliphatic heterocycles. The Morgan fingerprint density at radius 1 is 0.846 bits per heavy atom. The van der Waals surface area contributed by atoms with Crippen LogP contribution < -0.4 is 0 Å². The van der Waals surface area contributed by atoms with Crippen molar-refractivity contribution >= 4 is 51.7 Å². The lowest BCUT2D eigenvalue weighted by atomic mass is 9.98. The van der Waals surface area contributed by atoms with Crippen molar-refractivity contribution < 1.29 is 4.79 Å². The van der Waals surface area contributed by atoms with E-state index in [-0.39, 0.29) is 10.4 Å². The summed E-state index contributed by atoms with van der Waals surface area (Å²) in [6.45, 7) is 0. The Labute approximate surface area is 162 Å². The second kappa shape index (κ2) is 8.15. The van der Waals surface area contributed by atoms with Crippen molar-refractivity contribution in [1.82, 2.24) is 0 Å². The molecule has 1 saturated heterocycles. The monoisotopic (exact) mass is 376 g/mol. The van der Waals surface area contributed by atoms with E-state index in [9.17, 15) is 4.79 Å². The number of carbonyl (C=O) groups is 1. The van der Waals surface area contributed by atoms with Crippen molar-refractivity contribution in [2.45, 2.75) is 11.0 Å². The summed E-state index contributed by atoms with van der Waals surface area (Å²) in [4.78, 5) is 13.3. The predicted molar refractivity (Wildman–Crippen MR) is 117 cm³/mol. The number of rotatable bonds is 4. The van der Waals surface area contributed by atoms with Crippen LogP contribution in [0.5, 0.6) is 0 Å². The molecule has 4 rings (SSSR count). The van der Waals surface area contributed by atoms with Crippen LogP contribution in [-0.4, -0.2) is 21.9 Å².